The average Bonchev–Trinajstić information content (AvgIpc) is 3.07. The van der Waals surface area contributed by atoms with E-state index in [0.29, 0.717) is 5.57 Å². The molecule has 0 fully saturated rings. The van der Waals surface area contributed by atoms with Crippen LogP contribution in [0, 0.1) is 23.2 Å². The lowest BCUT2D eigenvalue weighted by molar-refractivity contribution is 0.0668. The second-order valence-electron chi connectivity index (χ2n) is 7.92. The summed E-state index contributed by atoms with van der Waals surface area (Å²) in [6.45, 7) is 5.61. The van der Waals surface area contributed by atoms with Gasteiger partial charge < -0.3 is 5.11 Å². The molecule has 27 heavy (non-hydrogen) atoms. The maximum Gasteiger partial charge on any atom is 0.244 e. The van der Waals surface area contributed by atoms with E-state index in [4.69, 9.17) is 5.10 Å². The molecule has 1 unspecified atom stereocenters. The first-order chi connectivity index (χ1) is 12.9. The summed E-state index contributed by atoms with van der Waals surface area (Å²) < 4.78 is 1.50. The number of fused-ring (bicyclic) bond motifs is 3. The number of benzene rings is 1. The zero-order valence-electron chi connectivity index (χ0n) is 15.8. The van der Waals surface area contributed by atoms with Crippen molar-refractivity contribution in [1.29, 1.82) is 5.26 Å². The predicted octanol–water partition coefficient (Wildman–Crippen LogP) is 3.49. The molecule has 1 aromatic carbocycles. The second kappa shape index (κ2) is 6.17. The molecule has 0 aliphatic heterocycles. The fraction of sp³-hybridized carbons (Fsp3) is 0.409. The van der Waals surface area contributed by atoms with Crippen molar-refractivity contribution in [1.82, 2.24) is 9.78 Å². The molecule has 4 rings (SSSR count). The van der Waals surface area contributed by atoms with E-state index in [2.05, 4.69) is 13.0 Å². The highest BCUT2D eigenvalue weighted by molar-refractivity contribution is 5.83. The molecule has 2 aromatic rings. The minimum atomic E-state index is -0.738. The van der Waals surface area contributed by atoms with Crippen LogP contribution in [0.5, 0.6) is 0 Å². The normalized spacial score (nSPS) is 29.3. The summed E-state index contributed by atoms with van der Waals surface area (Å²) >= 11 is 0. The molecular formula is C22H23N3O2. The summed E-state index contributed by atoms with van der Waals surface area (Å²) in [6.07, 6.45) is 2.84. The van der Waals surface area contributed by atoms with Crippen LogP contribution >= 0.6 is 0 Å². The van der Waals surface area contributed by atoms with Gasteiger partial charge in [-0.15, -0.1) is 0 Å². The van der Waals surface area contributed by atoms with Gasteiger partial charge in [-0.2, -0.15) is 15.0 Å². The summed E-state index contributed by atoms with van der Waals surface area (Å²) in [5.41, 5.74) is 3.68. The molecule has 0 saturated carbocycles. The van der Waals surface area contributed by atoms with Gasteiger partial charge in [0, 0.05) is 23.5 Å². The van der Waals surface area contributed by atoms with E-state index in [1.54, 1.807) is 0 Å². The van der Waals surface area contributed by atoms with Crippen molar-refractivity contribution >= 4 is 5.91 Å². The lowest BCUT2D eigenvalue weighted by Gasteiger charge is -2.46. The molecule has 0 saturated heterocycles. The molecule has 138 valence electrons. The number of nitriles is 1. The number of carbonyl (C=O) groups excluding carboxylic acids is 1. The minimum Gasteiger partial charge on any atom is -0.387 e. The third-order valence-corrected chi connectivity index (χ3v) is 6.35. The first-order valence-corrected chi connectivity index (χ1v) is 9.38. The number of aliphatic hydroxyl groups is 1. The molecule has 0 spiro atoms. The number of rotatable bonds is 1. The first kappa shape index (κ1) is 17.7. The van der Waals surface area contributed by atoms with Crippen LogP contribution in [0.4, 0.5) is 0 Å². The third kappa shape index (κ3) is 2.48. The van der Waals surface area contributed by atoms with Gasteiger partial charge in [0.05, 0.1) is 29.1 Å². The van der Waals surface area contributed by atoms with Crippen molar-refractivity contribution in [2.75, 3.05) is 0 Å². The Labute approximate surface area is 158 Å². The molecule has 4 atom stereocenters. The Morgan fingerprint density at radius 2 is 2.07 bits per heavy atom. The van der Waals surface area contributed by atoms with Crippen molar-refractivity contribution in [2.45, 2.75) is 45.1 Å². The minimum absolute atomic E-state index is 0.0366. The van der Waals surface area contributed by atoms with Gasteiger partial charge in [0.25, 0.3) is 0 Å². The molecule has 2 aliphatic carbocycles. The standard InChI is InChI=1S/C22H23N3O2/c1-13-18-10-9-17-19(15-7-5-4-6-8-15)25(14(2)26)24-21(17)22(18,3)11-16(12-23)20(13)27/h4-8,11,13,18,20,27H,9-10H2,1-3H3/t13-,18-,20?,22-/m0/s1. The molecular weight excluding hydrogens is 338 g/mol. The Morgan fingerprint density at radius 3 is 2.70 bits per heavy atom. The van der Waals surface area contributed by atoms with Crippen LogP contribution in [-0.2, 0) is 11.8 Å². The van der Waals surface area contributed by atoms with E-state index in [9.17, 15) is 15.2 Å². The Morgan fingerprint density at radius 1 is 1.37 bits per heavy atom. The van der Waals surface area contributed by atoms with Crippen molar-refractivity contribution in [2.24, 2.45) is 11.8 Å². The fourth-order valence-electron chi connectivity index (χ4n) is 5.01. The van der Waals surface area contributed by atoms with E-state index in [-0.39, 0.29) is 17.7 Å². The summed E-state index contributed by atoms with van der Waals surface area (Å²) in [6, 6.07) is 12.0. The monoisotopic (exact) mass is 361 g/mol. The Bertz CT molecular complexity index is 983. The van der Waals surface area contributed by atoms with Gasteiger partial charge in [-0.3, -0.25) is 4.79 Å². The van der Waals surface area contributed by atoms with Crippen LogP contribution in [0.2, 0.25) is 0 Å². The Balaban J connectivity index is 1.99. The van der Waals surface area contributed by atoms with Crippen LogP contribution < -0.4 is 0 Å². The maximum atomic E-state index is 12.4. The van der Waals surface area contributed by atoms with E-state index >= 15 is 0 Å². The number of carbonyl (C=O) groups is 1. The number of hydrogen-bond donors (Lipinski definition) is 1. The lowest BCUT2D eigenvalue weighted by atomic mass is 9.57. The fourth-order valence-corrected chi connectivity index (χ4v) is 5.01. The molecule has 1 N–H and O–H groups in total. The highest BCUT2D eigenvalue weighted by Crippen LogP contribution is 2.52. The van der Waals surface area contributed by atoms with Crippen LogP contribution in [0.3, 0.4) is 0 Å². The lowest BCUT2D eigenvalue weighted by Crippen LogP contribution is -2.47. The molecule has 2 aliphatic rings. The number of aliphatic hydroxyl groups excluding tert-OH is 1. The van der Waals surface area contributed by atoms with Gasteiger partial charge >= 0.3 is 0 Å². The largest absolute Gasteiger partial charge is 0.387 e. The quantitative estimate of drug-likeness (QED) is 0.843. The van der Waals surface area contributed by atoms with Crippen molar-refractivity contribution in [3.05, 3.63) is 53.2 Å². The number of allylic oxidation sites excluding steroid dienone is 1. The summed E-state index contributed by atoms with van der Waals surface area (Å²) in [5.74, 6) is 0.0123. The average molecular weight is 361 g/mol. The third-order valence-electron chi connectivity index (χ3n) is 6.35. The number of hydrogen-bond acceptors (Lipinski definition) is 4. The highest BCUT2D eigenvalue weighted by atomic mass is 16.3. The number of aromatic nitrogens is 2. The SMILES string of the molecule is CC(=O)n1nc2c(c1-c1ccccc1)CC[C@H]1[C@H](C)C(O)C(C#N)=C[C@]21C. The van der Waals surface area contributed by atoms with Crippen LogP contribution in [-0.4, -0.2) is 26.9 Å². The zero-order valence-corrected chi connectivity index (χ0v) is 15.8. The van der Waals surface area contributed by atoms with Crippen molar-refractivity contribution < 1.29 is 9.90 Å². The summed E-state index contributed by atoms with van der Waals surface area (Å²) in [7, 11) is 0. The van der Waals surface area contributed by atoms with Crippen LogP contribution in [0.1, 0.15) is 43.2 Å². The van der Waals surface area contributed by atoms with Crippen molar-refractivity contribution in [3.63, 3.8) is 0 Å². The first-order valence-electron chi connectivity index (χ1n) is 9.38. The van der Waals surface area contributed by atoms with Crippen LogP contribution in [0.15, 0.2) is 42.0 Å². The smallest absolute Gasteiger partial charge is 0.244 e. The van der Waals surface area contributed by atoms with E-state index in [0.717, 1.165) is 35.4 Å². The number of nitrogens with zero attached hydrogens (tertiary/aromatic N) is 3. The van der Waals surface area contributed by atoms with Gasteiger partial charge in [-0.05, 0) is 24.7 Å². The summed E-state index contributed by atoms with van der Waals surface area (Å²) in [5, 5.41) is 24.7. The molecule has 0 bridgehead atoms. The molecule has 5 heteroatoms. The molecule has 5 nitrogen and oxygen atoms in total. The summed E-state index contributed by atoms with van der Waals surface area (Å²) in [4.78, 5) is 12.4. The van der Waals surface area contributed by atoms with Gasteiger partial charge in [-0.25, -0.2) is 0 Å². The molecule has 0 radical (unpaired) electrons. The van der Waals surface area contributed by atoms with Gasteiger partial charge in [-0.1, -0.05) is 50.3 Å². The predicted molar refractivity (Wildman–Crippen MR) is 102 cm³/mol. The zero-order chi connectivity index (χ0) is 19.3. The Kier molecular flexibility index (Phi) is 4.05. The van der Waals surface area contributed by atoms with E-state index in [1.165, 1.54) is 11.6 Å². The van der Waals surface area contributed by atoms with E-state index in [1.807, 2.05) is 43.3 Å². The van der Waals surface area contributed by atoms with E-state index < -0.39 is 11.5 Å². The topological polar surface area (TPSA) is 78.9 Å². The van der Waals surface area contributed by atoms with Gasteiger partial charge in [0.1, 0.15) is 0 Å². The second-order valence-corrected chi connectivity index (χ2v) is 7.92. The Hall–Kier alpha value is -2.71. The van der Waals surface area contributed by atoms with Gasteiger partial charge in [0.15, 0.2) is 0 Å². The molecule has 1 aromatic heterocycles. The molecule has 0 amide bonds. The van der Waals surface area contributed by atoms with Crippen LogP contribution in [0.25, 0.3) is 11.3 Å². The van der Waals surface area contributed by atoms with Gasteiger partial charge in [0.2, 0.25) is 5.91 Å². The maximum absolute atomic E-state index is 12.4. The van der Waals surface area contributed by atoms with Crippen molar-refractivity contribution in [3.8, 4) is 17.3 Å². The highest BCUT2D eigenvalue weighted by Gasteiger charge is 2.50. The molecule has 1 heterocycles.